The molecule has 6 heteroatoms. The van der Waals surface area contributed by atoms with Crippen LogP contribution in [0.25, 0.3) is 5.70 Å². The van der Waals surface area contributed by atoms with Gasteiger partial charge in [0.15, 0.2) is 0 Å². The van der Waals surface area contributed by atoms with Gasteiger partial charge in [-0.3, -0.25) is 0 Å². The highest BCUT2D eigenvalue weighted by atomic mass is 19.4. The molecule has 1 atom stereocenters. The van der Waals surface area contributed by atoms with E-state index in [1.165, 1.54) is 19.2 Å². The van der Waals surface area contributed by atoms with Crippen molar-refractivity contribution < 1.29 is 17.9 Å². The highest BCUT2D eigenvalue weighted by Gasteiger charge is 2.57. The van der Waals surface area contributed by atoms with Crippen LogP contribution < -0.4 is 4.74 Å². The van der Waals surface area contributed by atoms with Crippen molar-refractivity contribution in [1.29, 1.82) is 0 Å². The molecule has 0 fully saturated rings. The summed E-state index contributed by atoms with van der Waals surface area (Å²) in [6.07, 6.45) is -3.53. The van der Waals surface area contributed by atoms with Gasteiger partial charge in [-0.1, -0.05) is 42.5 Å². The lowest BCUT2D eigenvalue weighted by atomic mass is 9.89. The molecule has 2 aromatic rings. The SMILES string of the molecule is COc1cccc(C2=CC(c3ccccc3)(C(F)(F)F)N=N2)c1. The molecular formula is C17H13F3N2O. The number of halogens is 3. The summed E-state index contributed by atoms with van der Waals surface area (Å²) < 4.78 is 46.2. The van der Waals surface area contributed by atoms with Crippen LogP contribution >= 0.6 is 0 Å². The fraction of sp³-hybridized carbons (Fsp3) is 0.176. The van der Waals surface area contributed by atoms with Gasteiger partial charge in [-0.2, -0.15) is 23.4 Å². The van der Waals surface area contributed by atoms with Crippen molar-refractivity contribution in [3.05, 3.63) is 71.8 Å². The van der Waals surface area contributed by atoms with Crippen molar-refractivity contribution in [2.75, 3.05) is 7.11 Å². The first-order valence-electron chi connectivity index (χ1n) is 6.89. The molecule has 3 nitrogen and oxygen atoms in total. The quantitative estimate of drug-likeness (QED) is 0.787. The molecule has 1 aliphatic rings. The Labute approximate surface area is 131 Å². The summed E-state index contributed by atoms with van der Waals surface area (Å²) in [6.45, 7) is 0. The van der Waals surface area contributed by atoms with E-state index < -0.39 is 11.7 Å². The van der Waals surface area contributed by atoms with Crippen LogP contribution in [0.3, 0.4) is 0 Å². The largest absolute Gasteiger partial charge is 0.497 e. The van der Waals surface area contributed by atoms with Crippen molar-refractivity contribution in [3.8, 4) is 5.75 Å². The summed E-state index contributed by atoms with van der Waals surface area (Å²) in [4.78, 5) is 0. The second-order valence-corrected chi connectivity index (χ2v) is 5.09. The molecule has 23 heavy (non-hydrogen) atoms. The van der Waals surface area contributed by atoms with Crippen LogP contribution in [0.4, 0.5) is 13.2 Å². The standard InChI is InChI=1S/C17H13F3N2O/c1-23-14-9-5-6-12(10-14)15-11-16(22-21-15,17(18,19)20)13-7-3-2-4-8-13/h2-11H,1H3. The summed E-state index contributed by atoms with van der Waals surface area (Å²) in [5, 5.41) is 7.38. The second kappa shape index (κ2) is 5.53. The summed E-state index contributed by atoms with van der Waals surface area (Å²) >= 11 is 0. The number of rotatable bonds is 3. The topological polar surface area (TPSA) is 34.0 Å². The Morgan fingerprint density at radius 3 is 2.39 bits per heavy atom. The van der Waals surface area contributed by atoms with Gasteiger partial charge in [0.2, 0.25) is 5.54 Å². The zero-order chi connectivity index (χ0) is 16.5. The summed E-state index contributed by atoms with van der Waals surface area (Å²) in [7, 11) is 1.49. The van der Waals surface area contributed by atoms with Gasteiger partial charge in [0.25, 0.3) is 0 Å². The predicted molar refractivity (Wildman–Crippen MR) is 80.0 cm³/mol. The fourth-order valence-electron chi connectivity index (χ4n) is 2.45. The maximum atomic E-state index is 13.7. The van der Waals surface area contributed by atoms with Crippen LogP contribution in [0.5, 0.6) is 5.75 Å². The third kappa shape index (κ3) is 2.60. The molecule has 0 bridgehead atoms. The molecule has 0 N–H and O–H groups in total. The lowest BCUT2D eigenvalue weighted by Gasteiger charge is -2.25. The van der Waals surface area contributed by atoms with Crippen molar-refractivity contribution in [2.24, 2.45) is 10.2 Å². The number of benzene rings is 2. The zero-order valence-electron chi connectivity index (χ0n) is 12.2. The van der Waals surface area contributed by atoms with Gasteiger partial charge in [0.1, 0.15) is 5.75 Å². The van der Waals surface area contributed by atoms with Crippen molar-refractivity contribution >= 4 is 5.70 Å². The Balaban J connectivity index is 2.11. The minimum absolute atomic E-state index is 0.0362. The molecule has 3 rings (SSSR count). The number of ether oxygens (including phenoxy) is 1. The molecule has 118 valence electrons. The molecule has 0 aromatic heterocycles. The van der Waals surface area contributed by atoms with Crippen LogP contribution in [-0.2, 0) is 5.54 Å². The van der Waals surface area contributed by atoms with E-state index in [2.05, 4.69) is 10.2 Å². The molecular weight excluding hydrogens is 305 g/mol. The maximum absolute atomic E-state index is 13.7. The molecule has 0 aliphatic carbocycles. The summed E-state index contributed by atoms with van der Waals surface area (Å²) in [5.74, 6) is 0.544. The number of hydrogen-bond donors (Lipinski definition) is 0. The highest BCUT2D eigenvalue weighted by Crippen LogP contribution is 2.49. The van der Waals surface area contributed by atoms with E-state index >= 15 is 0 Å². The number of methoxy groups -OCH3 is 1. The van der Waals surface area contributed by atoms with Gasteiger partial charge >= 0.3 is 6.18 Å². The molecule has 0 saturated carbocycles. The van der Waals surface area contributed by atoms with E-state index in [1.54, 1.807) is 42.5 Å². The van der Waals surface area contributed by atoms with Crippen LogP contribution in [0.1, 0.15) is 11.1 Å². The Morgan fingerprint density at radius 1 is 1.00 bits per heavy atom. The van der Waals surface area contributed by atoms with Crippen LogP contribution in [0.15, 0.2) is 70.9 Å². The zero-order valence-corrected chi connectivity index (χ0v) is 12.2. The van der Waals surface area contributed by atoms with Gasteiger partial charge in [0, 0.05) is 5.56 Å². The van der Waals surface area contributed by atoms with E-state index in [-0.39, 0.29) is 11.3 Å². The molecule has 2 aromatic carbocycles. The molecule has 1 unspecified atom stereocenters. The normalized spacial score (nSPS) is 20.4. The summed E-state index contributed by atoms with van der Waals surface area (Å²) in [5.41, 5.74) is -1.72. The molecule has 0 spiro atoms. The smallest absolute Gasteiger partial charge is 0.423 e. The van der Waals surface area contributed by atoms with E-state index in [1.807, 2.05) is 0 Å². The third-order valence-electron chi connectivity index (χ3n) is 3.67. The molecule has 0 radical (unpaired) electrons. The Kier molecular flexibility index (Phi) is 3.67. The first kappa shape index (κ1) is 15.3. The van der Waals surface area contributed by atoms with Crippen LogP contribution in [0, 0.1) is 0 Å². The summed E-state index contributed by atoms with van der Waals surface area (Å²) in [6, 6.07) is 14.3. The van der Waals surface area contributed by atoms with Crippen molar-refractivity contribution in [2.45, 2.75) is 11.7 Å². The average Bonchev–Trinajstić information content (AvgIpc) is 3.02. The number of nitrogens with zero attached hydrogens (tertiary/aromatic N) is 2. The number of azo groups is 1. The van der Waals surface area contributed by atoms with Crippen molar-refractivity contribution in [1.82, 2.24) is 0 Å². The van der Waals surface area contributed by atoms with E-state index in [4.69, 9.17) is 4.74 Å². The molecule has 1 aliphatic heterocycles. The first-order valence-corrected chi connectivity index (χ1v) is 6.89. The monoisotopic (exact) mass is 318 g/mol. The second-order valence-electron chi connectivity index (χ2n) is 5.09. The molecule has 0 saturated heterocycles. The van der Waals surface area contributed by atoms with Gasteiger partial charge < -0.3 is 4.74 Å². The average molecular weight is 318 g/mol. The lowest BCUT2D eigenvalue weighted by molar-refractivity contribution is -0.174. The minimum Gasteiger partial charge on any atom is -0.497 e. The maximum Gasteiger partial charge on any atom is 0.423 e. The van der Waals surface area contributed by atoms with E-state index in [9.17, 15) is 13.2 Å². The Hall–Kier alpha value is -2.63. The van der Waals surface area contributed by atoms with Crippen LogP contribution in [0.2, 0.25) is 0 Å². The minimum atomic E-state index is -4.58. The van der Waals surface area contributed by atoms with Crippen molar-refractivity contribution in [3.63, 3.8) is 0 Å². The Bertz CT molecular complexity index is 769. The van der Waals surface area contributed by atoms with Crippen LogP contribution in [-0.4, -0.2) is 13.3 Å². The van der Waals surface area contributed by atoms with Gasteiger partial charge in [-0.15, -0.1) is 0 Å². The van der Waals surface area contributed by atoms with E-state index in [0.29, 0.717) is 11.3 Å². The van der Waals surface area contributed by atoms with Gasteiger partial charge in [-0.25, -0.2) is 0 Å². The molecule has 1 heterocycles. The van der Waals surface area contributed by atoms with Gasteiger partial charge in [0.05, 0.1) is 12.8 Å². The predicted octanol–water partition coefficient (Wildman–Crippen LogP) is 4.96. The lowest BCUT2D eigenvalue weighted by Crippen LogP contribution is -2.37. The third-order valence-corrected chi connectivity index (χ3v) is 3.67. The highest BCUT2D eigenvalue weighted by molar-refractivity contribution is 5.69. The first-order chi connectivity index (χ1) is 11.0. The fourth-order valence-corrected chi connectivity index (χ4v) is 2.45. The number of hydrogen-bond acceptors (Lipinski definition) is 3. The number of alkyl halides is 3. The molecule has 0 amide bonds. The van der Waals surface area contributed by atoms with Gasteiger partial charge in [-0.05, 0) is 23.8 Å². The Morgan fingerprint density at radius 2 is 1.74 bits per heavy atom. The van der Waals surface area contributed by atoms with E-state index in [0.717, 1.165) is 6.08 Å².